The number of nitrogens with zero attached hydrogens (tertiary/aromatic N) is 5. The van der Waals surface area contributed by atoms with E-state index >= 15 is 0 Å². The summed E-state index contributed by atoms with van der Waals surface area (Å²) in [4.78, 5) is 14.4. The Hall–Kier alpha value is -2.04. The fourth-order valence-corrected chi connectivity index (χ4v) is 3.07. The molecule has 1 atom stereocenters. The van der Waals surface area contributed by atoms with Crippen molar-refractivity contribution in [3.63, 3.8) is 0 Å². The zero-order valence-corrected chi connectivity index (χ0v) is 12.8. The molecule has 0 bridgehead atoms. The summed E-state index contributed by atoms with van der Waals surface area (Å²) in [5.41, 5.74) is 0.541. The zero-order valence-electron chi connectivity index (χ0n) is 12.0. The third-order valence-electron chi connectivity index (χ3n) is 3.59. The smallest absolute Gasteiger partial charge is 0.417 e. The highest BCUT2D eigenvalue weighted by Gasteiger charge is 2.39. The molecule has 0 saturated carbocycles. The van der Waals surface area contributed by atoms with Crippen LogP contribution in [0.4, 0.5) is 13.2 Å². The lowest BCUT2D eigenvalue weighted by Crippen LogP contribution is -2.39. The molecule has 11 heteroatoms. The Morgan fingerprint density at radius 3 is 2.74 bits per heavy atom. The number of amides is 1. The van der Waals surface area contributed by atoms with E-state index in [0.29, 0.717) is 30.0 Å². The number of carbonyl (C=O) groups is 1. The van der Waals surface area contributed by atoms with Crippen molar-refractivity contribution < 1.29 is 22.4 Å². The van der Waals surface area contributed by atoms with Crippen LogP contribution in [-0.2, 0) is 6.18 Å². The van der Waals surface area contributed by atoms with E-state index in [-0.39, 0.29) is 18.3 Å². The predicted octanol–water partition coefficient (Wildman–Crippen LogP) is 2.27. The molecule has 0 radical (unpaired) electrons. The monoisotopic (exact) mass is 347 g/mol. The van der Waals surface area contributed by atoms with Gasteiger partial charge in [0, 0.05) is 13.1 Å². The van der Waals surface area contributed by atoms with Gasteiger partial charge >= 0.3 is 12.1 Å². The highest BCUT2D eigenvalue weighted by molar-refractivity contribution is 7.07. The van der Waals surface area contributed by atoms with Crippen molar-refractivity contribution in [1.29, 1.82) is 0 Å². The number of hydrogen-bond acceptors (Lipinski definition) is 7. The van der Waals surface area contributed by atoms with Crippen LogP contribution < -0.4 is 0 Å². The van der Waals surface area contributed by atoms with Gasteiger partial charge in [0.15, 0.2) is 0 Å². The molecule has 2 aromatic heterocycles. The second kappa shape index (κ2) is 5.87. The topological polar surface area (TPSA) is 85.0 Å². The Morgan fingerprint density at radius 1 is 1.35 bits per heavy atom. The summed E-state index contributed by atoms with van der Waals surface area (Å²) < 4.78 is 46.0. The maximum Gasteiger partial charge on any atom is 0.470 e. The van der Waals surface area contributed by atoms with E-state index in [4.69, 9.17) is 4.42 Å². The minimum atomic E-state index is -4.67. The summed E-state index contributed by atoms with van der Waals surface area (Å²) in [5.74, 6) is -2.08. The van der Waals surface area contributed by atoms with Gasteiger partial charge in [-0.15, -0.1) is 15.3 Å². The van der Waals surface area contributed by atoms with Gasteiger partial charge in [-0.1, -0.05) is 4.49 Å². The summed E-state index contributed by atoms with van der Waals surface area (Å²) in [6.45, 7) is 2.44. The molecule has 3 rings (SSSR count). The lowest BCUT2D eigenvalue weighted by molar-refractivity contribution is -0.157. The Morgan fingerprint density at radius 2 is 2.13 bits per heavy atom. The average molecular weight is 347 g/mol. The number of likely N-dealkylation sites (tertiary alicyclic amines) is 1. The third kappa shape index (κ3) is 3.19. The number of hydrogen-bond donors (Lipinski definition) is 0. The molecule has 3 heterocycles. The van der Waals surface area contributed by atoms with Crippen LogP contribution in [0.3, 0.4) is 0 Å². The molecule has 1 aliphatic heterocycles. The number of aryl methyl sites for hydroxylation is 1. The summed E-state index contributed by atoms with van der Waals surface area (Å²) in [6.07, 6.45) is -3.44. The van der Waals surface area contributed by atoms with Gasteiger partial charge in [-0.25, -0.2) is 0 Å². The Labute approximate surface area is 132 Å². The van der Waals surface area contributed by atoms with Gasteiger partial charge in [-0.2, -0.15) is 13.2 Å². The second-order valence-corrected chi connectivity index (χ2v) is 5.98. The Bertz CT molecular complexity index is 714. The largest absolute Gasteiger partial charge is 0.470 e. The second-order valence-electron chi connectivity index (χ2n) is 5.22. The first-order chi connectivity index (χ1) is 10.9. The van der Waals surface area contributed by atoms with E-state index in [1.165, 1.54) is 0 Å². The molecule has 124 valence electrons. The zero-order chi connectivity index (χ0) is 16.6. The molecule has 7 nitrogen and oxygen atoms in total. The van der Waals surface area contributed by atoms with Crippen LogP contribution in [0, 0.1) is 6.92 Å². The summed E-state index contributed by atoms with van der Waals surface area (Å²) in [6, 6.07) is 0. The van der Waals surface area contributed by atoms with Crippen LogP contribution in [0.1, 0.15) is 45.9 Å². The van der Waals surface area contributed by atoms with E-state index in [1.807, 2.05) is 0 Å². The van der Waals surface area contributed by atoms with Gasteiger partial charge < -0.3 is 9.32 Å². The third-order valence-corrected chi connectivity index (χ3v) is 4.40. The average Bonchev–Trinajstić information content (AvgIpc) is 3.15. The summed E-state index contributed by atoms with van der Waals surface area (Å²) in [7, 11) is 0. The van der Waals surface area contributed by atoms with Crippen LogP contribution in [0.2, 0.25) is 0 Å². The molecular formula is C12H12F3N5O2S. The van der Waals surface area contributed by atoms with E-state index in [1.54, 1.807) is 11.8 Å². The Kier molecular flexibility index (Phi) is 4.04. The number of rotatable bonds is 2. The molecule has 2 aromatic rings. The first-order valence-corrected chi connectivity index (χ1v) is 7.62. The van der Waals surface area contributed by atoms with Gasteiger partial charge in [0.1, 0.15) is 4.88 Å². The molecule has 1 unspecified atom stereocenters. The quantitative estimate of drug-likeness (QED) is 0.828. The Balaban J connectivity index is 1.75. The van der Waals surface area contributed by atoms with Crippen LogP contribution in [0.25, 0.3) is 0 Å². The highest BCUT2D eigenvalue weighted by atomic mass is 32.1. The van der Waals surface area contributed by atoms with E-state index < -0.39 is 18.0 Å². The SMILES string of the molecule is Cc1nnsc1C(=O)N1CCCC(c2nnc(C(F)(F)F)o2)C1. The van der Waals surface area contributed by atoms with Crippen molar-refractivity contribution in [2.45, 2.75) is 31.9 Å². The summed E-state index contributed by atoms with van der Waals surface area (Å²) in [5, 5.41) is 10.3. The van der Waals surface area contributed by atoms with Gasteiger partial charge in [0.25, 0.3) is 5.91 Å². The van der Waals surface area contributed by atoms with E-state index in [0.717, 1.165) is 11.5 Å². The minimum absolute atomic E-state index is 0.0889. The molecule has 23 heavy (non-hydrogen) atoms. The van der Waals surface area contributed by atoms with Gasteiger partial charge in [0.2, 0.25) is 5.89 Å². The maximum absolute atomic E-state index is 12.5. The molecule has 0 aromatic carbocycles. The lowest BCUT2D eigenvalue weighted by Gasteiger charge is -2.30. The molecule has 0 spiro atoms. The lowest BCUT2D eigenvalue weighted by atomic mass is 9.98. The number of carbonyl (C=O) groups excluding carboxylic acids is 1. The highest BCUT2D eigenvalue weighted by Crippen LogP contribution is 2.32. The number of piperidine rings is 1. The molecule has 0 N–H and O–H groups in total. The molecule has 1 saturated heterocycles. The summed E-state index contributed by atoms with van der Waals surface area (Å²) >= 11 is 1.00. The van der Waals surface area contributed by atoms with Gasteiger partial charge in [0.05, 0.1) is 11.6 Å². The fourth-order valence-electron chi connectivity index (χ4n) is 2.45. The van der Waals surface area contributed by atoms with Crippen molar-refractivity contribution in [1.82, 2.24) is 24.7 Å². The van der Waals surface area contributed by atoms with Gasteiger partial charge in [-0.3, -0.25) is 4.79 Å². The van der Waals surface area contributed by atoms with Crippen LogP contribution >= 0.6 is 11.5 Å². The number of alkyl halides is 3. The normalized spacial score (nSPS) is 19.1. The van der Waals surface area contributed by atoms with Crippen molar-refractivity contribution in [3.8, 4) is 0 Å². The van der Waals surface area contributed by atoms with Crippen molar-refractivity contribution in [2.75, 3.05) is 13.1 Å². The molecule has 1 fully saturated rings. The first-order valence-electron chi connectivity index (χ1n) is 6.85. The van der Waals surface area contributed by atoms with Crippen molar-refractivity contribution in [3.05, 3.63) is 22.4 Å². The van der Waals surface area contributed by atoms with Gasteiger partial charge in [-0.05, 0) is 31.3 Å². The molecule has 0 aliphatic carbocycles. The van der Waals surface area contributed by atoms with Crippen LogP contribution in [-0.4, -0.2) is 43.7 Å². The fraction of sp³-hybridized carbons (Fsp3) is 0.583. The van der Waals surface area contributed by atoms with E-state index in [9.17, 15) is 18.0 Å². The number of halogens is 3. The van der Waals surface area contributed by atoms with E-state index in [2.05, 4.69) is 19.8 Å². The standard InChI is InChI=1S/C12H12F3N5O2S/c1-6-8(23-19-16-6)10(21)20-4-2-3-7(5-20)9-17-18-11(22-9)12(13,14)15/h7H,2-5H2,1H3. The van der Waals surface area contributed by atoms with Crippen LogP contribution in [0.15, 0.2) is 4.42 Å². The maximum atomic E-state index is 12.5. The van der Waals surface area contributed by atoms with Crippen molar-refractivity contribution in [2.24, 2.45) is 0 Å². The molecule has 1 aliphatic rings. The first kappa shape index (κ1) is 15.8. The minimum Gasteiger partial charge on any atom is -0.417 e. The number of aromatic nitrogens is 4. The molecule has 1 amide bonds. The molecular weight excluding hydrogens is 335 g/mol. The van der Waals surface area contributed by atoms with Crippen molar-refractivity contribution >= 4 is 17.4 Å². The van der Waals surface area contributed by atoms with Crippen LogP contribution in [0.5, 0.6) is 0 Å². The predicted molar refractivity (Wildman–Crippen MR) is 71.8 cm³/mol.